The molecule has 0 saturated carbocycles. The van der Waals surface area contributed by atoms with E-state index in [2.05, 4.69) is 24.8 Å². The van der Waals surface area contributed by atoms with E-state index in [-0.39, 0.29) is 5.75 Å². The Labute approximate surface area is 209 Å². The minimum absolute atomic E-state index is 0.0652. The number of hydrogen-bond donors (Lipinski definition) is 1. The third-order valence-electron chi connectivity index (χ3n) is 4.75. The minimum Gasteiger partial charge on any atom is -0.707 e. The fraction of sp³-hybridized carbons (Fsp3) is 0.318. The molecule has 1 heterocycles. The first kappa shape index (κ1) is 28.4. The number of imidazole rings is 1. The van der Waals surface area contributed by atoms with Crippen molar-refractivity contribution in [1.82, 2.24) is 4.57 Å². The molecule has 3 aromatic rings. The Balaban J connectivity index is 0.000000678. The number of ether oxygens (including phenoxy) is 1. The van der Waals surface area contributed by atoms with Gasteiger partial charge in [0.05, 0.1) is 45.5 Å². The summed E-state index contributed by atoms with van der Waals surface area (Å²) in [5, 5.41) is 36.2. The molecular formula is C22H29N7O6S. The van der Waals surface area contributed by atoms with Gasteiger partial charge in [-0.25, -0.2) is 17.6 Å². The number of rotatable bonds is 7. The molecule has 194 valence electrons. The van der Waals surface area contributed by atoms with Gasteiger partial charge in [0.2, 0.25) is 0 Å². The van der Waals surface area contributed by atoms with E-state index in [1.165, 1.54) is 0 Å². The molecule has 0 bridgehead atoms. The smallest absolute Gasteiger partial charge is 0.421 e. The van der Waals surface area contributed by atoms with Crippen LogP contribution in [-0.2, 0) is 28.5 Å². The third kappa shape index (κ3) is 7.83. The summed E-state index contributed by atoms with van der Waals surface area (Å²) in [6, 6.07) is 8.84. The molecule has 0 fully saturated rings. The molecule has 3 rings (SSSR count). The van der Waals surface area contributed by atoms with Crippen LogP contribution in [0.15, 0.2) is 63.2 Å². The summed E-state index contributed by atoms with van der Waals surface area (Å²) in [5.74, 6) is 1.30. The Bertz CT molecular complexity index is 1350. The first-order valence-electron chi connectivity index (χ1n) is 10.4. The van der Waals surface area contributed by atoms with Gasteiger partial charge in [0, 0.05) is 37.0 Å². The Morgan fingerprint density at radius 2 is 1.67 bits per heavy atom. The number of phenolic OH excluding ortho intramolecular Hbond substituents is 1. The molecular weight excluding hydrogens is 490 g/mol. The van der Waals surface area contributed by atoms with Gasteiger partial charge in [-0.05, 0) is 30.7 Å². The van der Waals surface area contributed by atoms with Crippen molar-refractivity contribution in [2.24, 2.45) is 34.6 Å². The zero-order valence-corrected chi connectivity index (χ0v) is 21.9. The highest BCUT2D eigenvalue weighted by Crippen LogP contribution is 2.37. The Morgan fingerprint density at radius 1 is 1.06 bits per heavy atom. The number of aromatic nitrogens is 2. The molecule has 1 aromatic heterocycles. The van der Waals surface area contributed by atoms with E-state index >= 15 is 0 Å². The predicted molar refractivity (Wildman–Crippen MR) is 131 cm³/mol. The normalized spacial score (nSPS) is 11.6. The maximum atomic E-state index is 10.2. The standard InChI is InChI=1S/C21H25N7O2.CH4O4S/c1-14-11-18(24-25-21-27(4)9-10-28(21)5)20(30-6)13-17(14)23-22-16-8-7-15(26(2)3)12-19(16)29;1-6(3,4)5-2/h7-13H,1-6H3;2H,1H3. The van der Waals surface area contributed by atoms with Gasteiger partial charge >= 0.3 is 5.95 Å². The molecule has 0 saturated heterocycles. The Kier molecular flexibility index (Phi) is 9.60. The van der Waals surface area contributed by atoms with E-state index in [9.17, 15) is 13.5 Å². The van der Waals surface area contributed by atoms with Crippen LogP contribution < -0.4 is 19.5 Å². The summed E-state index contributed by atoms with van der Waals surface area (Å²) in [6.07, 6.45) is 4.49. The number of aromatic hydroxyl groups is 1. The maximum Gasteiger partial charge on any atom is 0.421 e. The lowest BCUT2D eigenvalue weighted by Gasteiger charge is -2.12. The number of benzene rings is 2. The maximum absolute atomic E-state index is 10.2. The van der Waals surface area contributed by atoms with Crippen molar-refractivity contribution in [3.05, 3.63) is 48.3 Å². The molecule has 0 aliphatic heterocycles. The van der Waals surface area contributed by atoms with Crippen LogP contribution in [-0.4, -0.2) is 45.6 Å². The van der Waals surface area contributed by atoms with E-state index < -0.39 is 10.1 Å². The van der Waals surface area contributed by atoms with Gasteiger partial charge in [0.25, 0.3) is 10.1 Å². The highest BCUT2D eigenvalue weighted by atomic mass is 32.2. The molecule has 0 aliphatic carbocycles. The predicted octanol–water partition coefficient (Wildman–Crippen LogP) is 3.01. The lowest BCUT2D eigenvalue weighted by atomic mass is 10.1. The highest BCUT2D eigenvalue weighted by molar-refractivity contribution is 7.85. The molecule has 0 aliphatic rings. The van der Waals surface area contributed by atoms with Crippen molar-refractivity contribution in [3.63, 3.8) is 0 Å². The van der Waals surface area contributed by atoms with Crippen molar-refractivity contribution in [2.75, 3.05) is 32.4 Å². The summed E-state index contributed by atoms with van der Waals surface area (Å²) < 4.78 is 30.8. The van der Waals surface area contributed by atoms with E-state index in [0.29, 0.717) is 35.0 Å². The largest absolute Gasteiger partial charge is 0.707 e. The first-order chi connectivity index (χ1) is 16.9. The van der Waals surface area contributed by atoms with E-state index in [1.54, 1.807) is 25.3 Å². The van der Waals surface area contributed by atoms with Crippen molar-refractivity contribution in [3.8, 4) is 11.5 Å². The fourth-order valence-corrected chi connectivity index (χ4v) is 2.82. The van der Waals surface area contributed by atoms with Crippen molar-refractivity contribution < 1.29 is 32.4 Å². The van der Waals surface area contributed by atoms with Crippen molar-refractivity contribution >= 4 is 38.8 Å². The van der Waals surface area contributed by atoms with Crippen LogP contribution >= 0.6 is 0 Å². The molecule has 1 N–H and O–H groups in total. The molecule has 0 radical (unpaired) electrons. The highest BCUT2D eigenvalue weighted by Gasteiger charge is 2.13. The van der Waals surface area contributed by atoms with Crippen LogP contribution in [0.1, 0.15) is 5.56 Å². The van der Waals surface area contributed by atoms with Crippen LogP contribution in [0, 0.1) is 6.92 Å². The first-order valence-corrected chi connectivity index (χ1v) is 12.2. The zero-order valence-electron chi connectivity index (χ0n) is 21.1. The van der Waals surface area contributed by atoms with Gasteiger partial charge in [-0.15, -0.1) is 5.11 Å². The van der Waals surface area contributed by atoms with Gasteiger partial charge in [-0.3, -0.25) is 0 Å². The summed E-state index contributed by atoms with van der Waals surface area (Å²) in [7, 11) is 5.47. The van der Waals surface area contributed by atoms with E-state index in [0.717, 1.165) is 11.3 Å². The molecule has 2 aromatic carbocycles. The summed E-state index contributed by atoms with van der Waals surface area (Å²) >= 11 is 0. The number of nitrogens with zero attached hydrogens (tertiary/aromatic N) is 7. The number of azo groups is 2. The average Bonchev–Trinajstić information content (AvgIpc) is 3.14. The van der Waals surface area contributed by atoms with Gasteiger partial charge < -0.3 is 24.3 Å². The number of hydrogen-bond acceptors (Lipinski definition) is 11. The molecule has 13 nitrogen and oxygen atoms in total. The van der Waals surface area contributed by atoms with Crippen LogP contribution in [0.2, 0.25) is 0 Å². The summed E-state index contributed by atoms with van der Waals surface area (Å²) in [4.78, 5) is 1.90. The van der Waals surface area contributed by atoms with E-state index in [1.807, 2.05) is 73.7 Å². The fourth-order valence-electron chi connectivity index (χ4n) is 2.82. The van der Waals surface area contributed by atoms with Crippen LogP contribution in [0.4, 0.5) is 28.7 Å². The second-order valence-corrected chi connectivity index (χ2v) is 9.41. The van der Waals surface area contributed by atoms with Crippen molar-refractivity contribution in [2.45, 2.75) is 6.92 Å². The van der Waals surface area contributed by atoms with Crippen molar-refractivity contribution in [1.29, 1.82) is 0 Å². The minimum atomic E-state index is -3.72. The summed E-state index contributed by atoms with van der Waals surface area (Å²) in [5.41, 5.74) is 3.33. The van der Waals surface area contributed by atoms with Crippen LogP contribution in [0.3, 0.4) is 0 Å². The molecule has 0 unspecified atom stereocenters. The zero-order chi connectivity index (χ0) is 27.0. The Hall–Kier alpha value is -3.88. The lowest BCUT2D eigenvalue weighted by Crippen LogP contribution is -2.25. The monoisotopic (exact) mass is 519 g/mol. The quantitative estimate of drug-likeness (QED) is 0.217. The molecule has 0 spiro atoms. The second kappa shape index (κ2) is 12.2. The molecule has 14 heteroatoms. The van der Waals surface area contributed by atoms with E-state index in [4.69, 9.17) is 9.99 Å². The van der Waals surface area contributed by atoms with Crippen LogP contribution in [0.25, 0.3) is 0 Å². The van der Waals surface area contributed by atoms with Gasteiger partial charge in [-0.1, -0.05) is 5.11 Å². The lowest BCUT2D eigenvalue weighted by molar-refractivity contribution is -0.657. The number of aryl methyl sites for hydroxylation is 3. The number of methoxy groups -OCH3 is 1. The molecule has 0 atom stereocenters. The number of anilines is 1. The third-order valence-corrected chi connectivity index (χ3v) is 5.00. The molecule has 36 heavy (non-hydrogen) atoms. The Morgan fingerprint density at radius 3 is 2.17 bits per heavy atom. The summed E-state index contributed by atoms with van der Waals surface area (Å²) in [6.45, 7) is 1.91. The molecule has 0 amide bonds. The topological polar surface area (TPSA) is 157 Å². The number of phenols is 1. The average molecular weight is 520 g/mol. The van der Waals surface area contributed by atoms with Gasteiger partial charge in [0.1, 0.15) is 22.9 Å². The van der Waals surface area contributed by atoms with Gasteiger partial charge in [-0.2, -0.15) is 5.11 Å². The van der Waals surface area contributed by atoms with Gasteiger partial charge in [0.15, 0.2) is 0 Å². The van der Waals surface area contributed by atoms with Crippen LogP contribution in [0.5, 0.6) is 11.5 Å². The second-order valence-electron chi connectivity index (χ2n) is 7.87. The SMILES string of the molecule is COc1cc(N=Nc2ccc(N(C)C)cc2O)c(C)cc1N=Nc1n(C)cc[n+]1C.CS(=O)(=O)O[O-].